The quantitative estimate of drug-likeness (QED) is 0.856. The van der Waals surface area contributed by atoms with Crippen LogP contribution >= 0.6 is 11.8 Å². The molecule has 0 saturated heterocycles. The number of halogens is 1. The van der Waals surface area contributed by atoms with Crippen LogP contribution in [0.15, 0.2) is 41.0 Å². The second-order valence-corrected chi connectivity index (χ2v) is 6.51. The summed E-state index contributed by atoms with van der Waals surface area (Å²) in [7, 11) is 0. The summed E-state index contributed by atoms with van der Waals surface area (Å²) in [6, 6.07) is 5.43. The lowest BCUT2D eigenvalue weighted by Crippen LogP contribution is -2.33. The number of hydrogen-bond acceptors (Lipinski definition) is 3. The van der Waals surface area contributed by atoms with Gasteiger partial charge >= 0.3 is 0 Å². The van der Waals surface area contributed by atoms with Crippen molar-refractivity contribution in [1.82, 2.24) is 5.32 Å². The van der Waals surface area contributed by atoms with Gasteiger partial charge in [-0.3, -0.25) is 4.79 Å². The molecule has 2 rings (SSSR count). The van der Waals surface area contributed by atoms with Crippen molar-refractivity contribution in [2.24, 2.45) is 4.99 Å². The van der Waals surface area contributed by atoms with Crippen LogP contribution in [0, 0.1) is 5.82 Å². The van der Waals surface area contributed by atoms with Crippen molar-refractivity contribution < 1.29 is 9.18 Å². The second kappa shape index (κ2) is 5.17. The predicted molar refractivity (Wildman–Crippen MR) is 76.7 cm³/mol. The monoisotopic (exact) mass is 278 g/mol. The standard InChI is InChI=1S/C14H15FN2OS/c1-9-8-14(2,3)19-13(16-9)17-12(18)10-4-6-11(15)7-5-10/h4-8H,1-3H3,(H,16,17,18). The van der Waals surface area contributed by atoms with Crippen LogP contribution in [0.2, 0.25) is 0 Å². The summed E-state index contributed by atoms with van der Waals surface area (Å²) in [5, 5.41) is 3.32. The topological polar surface area (TPSA) is 41.5 Å². The highest BCUT2D eigenvalue weighted by Crippen LogP contribution is 2.32. The van der Waals surface area contributed by atoms with Crippen LogP contribution < -0.4 is 5.32 Å². The zero-order valence-corrected chi connectivity index (χ0v) is 11.8. The summed E-state index contributed by atoms with van der Waals surface area (Å²) in [4.78, 5) is 16.3. The van der Waals surface area contributed by atoms with Crippen LogP contribution in [0.25, 0.3) is 0 Å². The van der Waals surface area contributed by atoms with E-state index in [0.717, 1.165) is 5.70 Å². The van der Waals surface area contributed by atoms with Gasteiger partial charge in [0, 0.05) is 16.0 Å². The van der Waals surface area contributed by atoms with Crippen molar-refractivity contribution in [3.63, 3.8) is 0 Å². The minimum Gasteiger partial charge on any atom is -0.301 e. The fourth-order valence-corrected chi connectivity index (χ4v) is 2.88. The lowest BCUT2D eigenvalue weighted by atomic mass is 10.2. The minimum atomic E-state index is -0.360. The Bertz CT molecular complexity index is 561. The number of nitrogens with one attached hydrogen (secondary N) is 1. The van der Waals surface area contributed by atoms with E-state index in [9.17, 15) is 9.18 Å². The molecule has 1 aromatic rings. The maximum atomic E-state index is 12.8. The maximum Gasteiger partial charge on any atom is 0.257 e. The van der Waals surface area contributed by atoms with Crippen molar-refractivity contribution in [1.29, 1.82) is 0 Å². The Morgan fingerprint density at radius 3 is 2.53 bits per heavy atom. The lowest BCUT2D eigenvalue weighted by Gasteiger charge is -2.25. The number of hydrogen-bond donors (Lipinski definition) is 1. The van der Waals surface area contributed by atoms with Crippen LogP contribution in [0.5, 0.6) is 0 Å². The van der Waals surface area contributed by atoms with Gasteiger partial charge in [0.25, 0.3) is 5.91 Å². The highest BCUT2D eigenvalue weighted by atomic mass is 32.2. The van der Waals surface area contributed by atoms with Crippen LogP contribution in [0.3, 0.4) is 0 Å². The van der Waals surface area contributed by atoms with Crippen LogP contribution in [0.4, 0.5) is 4.39 Å². The molecule has 5 heteroatoms. The fraction of sp³-hybridized carbons (Fsp3) is 0.286. The number of benzene rings is 1. The van der Waals surface area contributed by atoms with E-state index in [1.807, 2.05) is 13.0 Å². The lowest BCUT2D eigenvalue weighted by molar-refractivity contribution is 0.0978. The third-order valence-corrected chi connectivity index (χ3v) is 3.55. The molecular formula is C14H15FN2OS. The summed E-state index contributed by atoms with van der Waals surface area (Å²) < 4.78 is 12.7. The molecule has 0 aromatic heterocycles. The molecule has 1 heterocycles. The molecule has 1 N–H and O–H groups in total. The van der Waals surface area contributed by atoms with Crippen molar-refractivity contribution >= 4 is 22.8 Å². The van der Waals surface area contributed by atoms with Crippen molar-refractivity contribution in [3.05, 3.63) is 47.4 Å². The predicted octanol–water partition coefficient (Wildman–Crippen LogP) is 3.34. The number of allylic oxidation sites excluding steroid dienone is 1. The average Bonchev–Trinajstić information content (AvgIpc) is 2.26. The van der Waals surface area contributed by atoms with E-state index in [-0.39, 0.29) is 16.5 Å². The molecule has 3 nitrogen and oxygen atoms in total. The van der Waals surface area contributed by atoms with Gasteiger partial charge in [-0.05, 0) is 51.1 Å². The summed E-state index contributed by atoms with van der Waals surface area (Å²) in [5.74, 6) is -0.641. The molecule has 0 bridgehead atoms. The number of aliphatic imine (C=N–C) groups is 1. The van der Waals surface area contributed by atoms with Crippen molar-refractivity contribution in [2.45, 2.75) is 25.5 Å². The normalized spacial score (nSPS) is 17.5. The van der Waals surface area contributed by atoms with E-state index in [4.69, 9.17) is 0 Å². The SMILES string of the molecule is CC1=CC(C)(C)SC(NC(=O)c2ccc(F)cc2)=N1. The van der Waals surface area contributed by atoms with Crippen LogP contribution in [-0.4, -0.2) is 15.8 Å². The first-order valence-electron chi connectivity index (χ1n) is 5.90. The van der Waals surface area contributed by atoms with Crippen LogP contribution in [-0.2, 0) is 0 Å². The van der Waals surface area contributed by atoms with E-state index in [1.165, 1.54) is 36.0 Å². The summed E-state index contributed by atoms with van der Waals surface area (Å²) in [5.41, 5.74) is 1.29. The molecule has 0 aliphatic carbocycles. The number of thioether (sulfide) groups is 1. The molecule has 0 fully saturated rings. The van der Waals surface area contributed by atoms with E-state index in [0.29, 0.717) is 10.7 Å². The Balaban J connectivity index is 2.12. The third kappa shape index (κ3) is 3.67. The van der Waals surface area contributed by atoms with Gasteiger partial charge in [-0.25, -0.2) is 9.38 Å². The van der Waals surface area contributed by atoms with Gasteiger partial charge in [-0.2, -0.15) is 0 Å². The van der Waals surface area contributed by atoms with Gasteiger partial charge in [-0.15, -0.1) is 0 Å². The van der Waals surface area contributed by atoms with Crippen LogP contribution in [0.1, 0.15) is 31.1 Å². The molecule has 1 aliphatic heterocycles. The number of amidine groups is 1. The smallest absolute Gasteiger partial charge is 0.257 e. The number of nitrogens with zero attached hydrogens (tertiary/aromatic N) is 1. The van der Waals surface area contributed by atoms with E-state index in [1.54, 1.807) is 0 Å². The molecule has 0 unspecified atom stereocenters. The minimum absolute atomic E-state index is 0.1000. The molecule has 1 amide bonds. The Labute approximate surface area is 116 Å². The highest BCUT2D eigenvalue weighted by Gasteiger charge is 2.24. The maximum absolute atomic E-state index is 12.8. The van der Waals surface area contributed by atoms with E-state index in [2.05, 4.69) is 24.2 Å². The number of amides is 1. The Morgan fingerprint density at radius 2 is 1.95 bits per heavy atom. The van der Waals surface area contributed by atoms with E-state index >= 15 is 0 Å². The molecule has 0 saturated carbocycles. The zero-order chi connectivity index (χ0) is 14.0. The number of rotatable bonds is 1. The van der Waals surface area contributed by atoms with Crippen molar-refractivity contribution in [2.75, 3.05) is 0 Å². The molecule has 19 heavy (non-hydrogen) atoms. The van der Waals surface area contributed by atoms with Gasteiger partial charge < -0.3 is 5.32 Å². The fourth-order valence-electron chi connectivity index (χ4n) is 1.82. The molecule has 0 radical (unpaired) electrons. The Morgan fingerprint density at radius 1 is 1.32 bits per heavy atom. The third-order valence-electron chi connectivity index (χ3n) is 2.52. The largest absolute Gasteiger partial charge is 0.301 e. The summed E-state index contributed by atoms with van der Waals surface area (Å²) >= 11 is 1.49. The molecule has 0 atom stereocenters. The van der Waals surface area contributed by atoms with Gasteiger partial charge in [-0.1, -0.05) is 11.8 Å². The Hall–Kier alpha value is -1.62. The van der Waals surface area contributed by atoms with Gasteiger partial charge in [0.05, 0.1) is 0 Å². The molecule has 1 aliphatic rings. The molecule has 100 valence electrons. The van der Waals surface area contributed by atoms with Gasteiger partial charge in [0.1, 0.15) is 5.82 Å². The highest BCUT2D eigenvalue weighted by molar-refractivity contribution is 8.15. The molecular weight excluding hydrogens is 263 g/mol. The van der Waals surface area contributed by atoms with Gasteiger partial charge in [0.2, 0.25) is 0 Å². The van der Waals surface area contributed by atoms with Gasteiger partial charge in [0.15, 0.2) is 5.17 Å². The first-order valence-corrected chi connectivity index (χ1v) is 6.71. The number of carbonyl (C=O) groups is 1. The summed E-state index contributed by atoms with van der Waals surface area (Å²) in [6.45, 7) is 6.01. The Kier molecular flexibility index (Phi) is 3.75. The molecule has 0 spiro atoms. The first-order chi connectivity index (χ1) is 8.85. The second-order valence-electron chi connectivity index (χ2n) is 4.87. The van der Waals surface area contributed by atoms with Crippen molar-refractivity contribution in [3.8, 4) is 0 Å². The summed E-state index contributed by atoms with van der Waals surface area (Å²) in [6.07, 6.45) is 2.05. The average molecular weight is 278 g/mol. The molecule has 1 aromatic carbocycles. The number of carbonyl (C=O) groups excluding carboxylic acids is 1. The zero-order valence-electron chi connectivity index (χ0n) is 11.0. The first kappa shape index (κ1) is 13.8. The van der Waals surface area contributed by atoms with E-state index < -0.39 is 0 Å².